The van der Waals surface area contributed by atoms with Crippen LogP contribution in [0.3, 0.4) is 0 Å². The summed E-state index contributed by atoms with van der Waals surface area (Å²) in [6.45, 7) is 0. The summed E-state index contributed by atoms with van der Waals surface area (Å²) < 4.78 is 5.47. The molecular weight excluding hydrogens is 288 g/mol. The molecule has 0 bridgehead atoms. The molecule has 0 fully saturated rings. The lowest BCUT2D eigenvalue weighted by atomic mass is 10.3. The van der Waals surface area contributed by atoms with E-state index < -0.39 is 0 Å². The van der Waals surface area contributed by atoms with Gasteiger partial charge in [0.1, 0.15) is 0 Å². The molecule has 3 heteroatoms. The number of thiophene rings is 2. The first-order chi connectivity index (χ1) is 9.38. The Morgan fingerprint density at radius 2 is 1.11 bits per heavy atom. The smallest absolute Gasteiger partial charge is 0.0667 e. The largest absolute Gasteiger partial charge is 0.128 e. The third-order valence-electron chi connectivity index (χ3n) is 3.01. The van der Waals surface area contributed by atoms with E-state index >= 15 is 0 Å². The normalized spacial score (nSPS) is 11.4. The summed E-state index contributed by atoms with van der Waals surface area (Å²) in [7, 11) is 0. The monoisotopic (exact) mass is 298 g/mol. The van der Waals surface area contributed by atoms with Crippen molar-refractivity contribution in [3.05, 3.63) is 60.7 Å². The van der Waals surface area contributed by atoms with Gasteiger partial charge in [-0.2, -0.15) is 0 Å². The Balaban J connectivity index is 1.73. The van der Waals surface area contributed by atoms with Crippen molar-refractivity contribution in [2.24, 2.45) is 0 Å². The van der Waals surface area contributed by atoms with Gasteiger partial charge in [-0.3, -0.25) is 0 Å². The van der Waals surface area contributed by atoms with E-state index in [0.29, 0.717) is 0 Å². The van der Waals surface area contributed by atoms with Crippen LogP contribution < -0.4 is 0 Å². The average molecular weight is 298 g/mol. The molecule has 0 aliphatic carbocycles. The third-order valence-corrected chi connectivity index (χ3v) is 6.47. The zero-order valence-corrected chi connectivity index (χ0v) is 12.4. The van der Waals surface area contributed by atoms with Crippen molar-refractivity contribution in [3.8, 4) is 0 Å². The number of hydrogen-bond donors (Lipinski definition) is 0. The fraction of sp³-hybridized carbons (Fsp3) is 0. The van der Waals surface area contributed by atoms with Crippen LogP contribution >= 0.6 is 34.4 Å². The maximum atomic E-state index is 2.29. The molecule has 2 aromatic heterocycles. The lowest BCUT2D eigenvalue weighted by Gasteiger charge is -1.90. The van der Waals surface area contributed by atoms with Crippen LogP contribution in [-0.4, -0.2) is 0 Å². The Bertz CT molecular complexity index is 716. The quantitative estimate of drug-likeness (QED) is 0.420. The molecule has 0 radical (unpaired) electrons. The average Bonchev–Trinajstić information content (AvgIpc) is 3.00. The first kappa shape index (κ1) is 11.5. The van der Waals surface area contributed by atoms with Crippen LogP contribution in [0.4, 0.5) is 0 Å². The van der Waals surface area contributed by atoms with Crippen LogP contribution in [0.5, 0.6) is 0 Å². The lowest BCUT2D eigenvalue weighted by molar-refractivity contribution is 1.69. The predicted molar refractivity (Wildman–Crippen MR) is 87.8 cm³/mol. The van der Waals surface area contributed by atoms with Gasteiger partial charge in [-0.15, -0.1) is 22.7 Å². The van der Waals surface area contributed by atoms with Gasteiger partial charge in [0.15, 0.2) is 0 Å². The molecule has 4 aromatic rings. The van der Waals surface area contributed by atoms with E-state index in [9.17, 15) is 0 Å². The van der Waals surface area contributed by atoms with Gasteiger partial charge in [0.05, 0.1) is 8.42 Å². The van der Waals surface area contributed by atoms with E-state index in [0.717, 1.165) is 0 Å². The van der Waals surface area contributed by atoms with Crippen LogP contribution in [0.1, 0.15) is 0 Å². The minimum atomic E-state index is 1.34. The Labute approximate surface area is 123 Å². The zero-order valence-electron chi connectivity index (χ0n) is 10.00. The van der Waals surface area contributed by atoms with Crippen molar-refractivity contribution in [2.75, 3.05) is 0 Å². The van der Waals surface area contributed by atoms with E-state index in [-0.39, 0.29) is 0 Å². The van der Waals surface area contributed by atoms with Crippen LogP contribution in [0, 0.1) is 0 Å². The molecule has 0 atom stereocenters. The Morgan fingerprint density at radius 3 is 1.58 bits per heavy atom. The van der Waals surface area contributed by atoms with E-state index in [1.54, 1.807) is 0 Å². The summed E-state index contributed by atoms with van der Waals surface area (Å²) in [5.74, 6) is 0. The maximum Gasteiger partial charge on any atom is 0.0667 e. The molecular formula is C16H10S3. The van der Waals surface area contributed by atoms with E-state index in [1.807, 2.05) is 34.4 Å². The van der Waals surface area contributed by atoms with Crippen molar-refractivity contribution >= 4 is 54.6 Å². The molecule has 0 unspecified atom stereocenters. The molecule has 0 aliphatic heterocycles. The Hall–Kier alpha value is -1.29. The van der Waals surface area contributed by atoms with Gasteiger partial charge in [-0.1, -0.05) is 48.2 Å². The fourth-order valence-corrected chi connectivity index (χ4v) is 5.84. The second-order valence-corrected chi connectivity index (χ2v) is 8.08. The standard InChI is InChI=1S/C16H10S3/c1-3-7-13-11(5-1)9-15(17-13)19-16-10-12-6-2-4-8-14(12)18-16/h1-10H. The van der Waals surface area contributed by atoms with Crippen molar-refractivity contribution in [1.82, 2.24) is 0 Å². The van der Waals surface area contributed by atoms with Gasteiger partial charge in [0.25, 0.3) is 0 Å². The second kappa shape index (κ2) is 4.67. The SMILES string of the molecule is c1ccc2sc(Sc3cc4ccccc4s3)cc2c1. The molecule has 2 aromatic carbocycles. The first-order valence-electron chi connectivity index (χ1n) is 6.03. The van der Waals surface area contributed by atoms with Gasteiger partial charge in [0.2, 0.25) is 0 Å². The highest BCUT2D eigenvalue weighted by Crippen LogP contribution is 2.41. The minimum absolute atomic E-state index is 1.34. The molecule has 0 N–H and O–H groups in total. The van der Waals surface area contributed by atoms with Crippen LogP contribution in [-0.2, 0) is 0 Å². The Kier molecular flexibility index (Phi) is 2.84. The summed E-state index contributed by atoms with van der Waals surface area (Å²) in [5, 5.41) is 2.69. The molecule has 2 heterocycles. The molecule has 19 heavy (non-hydrogen) atoms. The van der Waals surface area contributed by atoms with E-state index in [1.165, 1.54) is 28.6 Å². The topological polar surface area (TPSA) is 0 Å². The molecule has 0 saturated heterocycles. The van der Waals surface area contributed by atoms with Crippen LogP contribution in [0.25, 0.3) is 20.2 Å². The van der Waals surface area contributed by atoms with Crippen molar-refractivity contribution in [1.29, 1.82) is 0 Å². The summed E-state index contributed by atoms with van der Waals surface area (Å²) in [6, 6.07) is 21.7. The van der Waals surface area contributed by atoms with Gasteiger partial charge >= 0.3 is 0 Å². The number of rotatable bonds is 2. The zero-order chi connectivity index (χ0) is 12.7. The van der Waals surface area contributed by atoms with Gasteiger partial charge in [-0.25, -0.2) is 0 Å². The predicted octanol–water partition coefficient (Wildman–Crippen LogP) is 6.27. The lowest BCUT2D eigenvalue weighted by Crippen LogP contribution is -1.58. The first-order valence-corrected chi connectivity index (χ1v) is 8.48. The second-order valence-electron chi connectivity index (χ2n) is 4.31. The van der Waals surface area contributed by atoms with Crippen molar-refractivity contribution < 1.29 is 0 Å². The van der Waals surface area contributed by atoms with Crippen molar-refractivity contribution in [2.45, 2.75) is 8.42 Å². The summed E-state index contributed by atoms with van der Waals surface area (Å²) in [4.78, 5) is 0. The molecule has 0 nitrogen and oxygen atoms in total. The van der Waals surface area contributed by atoms with Gasteiger partial charge in [0, 0.05) is 9.40 Å². The summed E-state index contributed by atoms with van der Waals surface area (Å²) in [6.07, 6.45) is 0. The van der Waals surface area contributed by atoms with Crippen LogP contribution in [0.2, 0.25) is 0 Å². The highest BCUT2D eigenvalue weighted by molar-refractivity contribution is 8.03. The van der Waals surface area contributed by atoms with E-state index in [4.69, 9.17) is 0 Å². The molecule has 0 aliphatic rings. The van der Waals surface area contributed by atoms with Crippen LogP contribution in [0.15, 0.2) is 69.1 Å². The maximum absolute atomic E-state index is 2.29. The molecule has 0 spiro atoms. The highest BCUT2D eigenvalue weighted by Gasteiger charge is 2.06. The van der Waals surface area contributed by atoms with E-state index in [2.05, 4.69) is 60.7 Å². The summed E-state index contributed by atoms with van der Waals surface area (Å²) in [5.41, 5.74) is 0. The van der Waals surface area contributed by atoms with Gasteiger partial charge in [-0.05, 0) is 35.0 Å². The number of benzene rings is 2. The highest BCUT2D eigenvalue weighted by atomic mass is 32.2. The number of fused-ring (bicyclic) bond motifs is 2. The van der Waals surface area contributed by atoms with Gasteiger partial charge < -0.3 is 0 Å². The fourth-order valence-electron chi connectivity index (χ4n) is 2.11. The Morgan fingerprint density at radius 1 is 0.632 bits per heavy atom. The molecule has 0 amide bonds. The van der Waals surface area contributed by atoms with Crippen molar-refractivity contribution in [3.63, 3.8) is 0 Å². The molecule has 0 saturated carbocycles. The number of hydrogen-bond acceptors (Lipinski definition) is 3. The minimum Gasteiger partial charge on any atom is -0.128 e. The molecule has 4 rings (SSSR count). The summed E-state index contributed by atoms with van der Waals surface area (Å²) >= 11 is 5.62. The molecule has 92 valence electrons. The third kappa shape index (κ3) is 2.18.